The van der Waals surface area contributed by atoms with E-state index >= 15 is 0 Å². The Bertz CT molecular complexity index is 235. The van der Waals surface area contributed by atoms with E-state index in [-0.39, 0.29) is 24.9 Å². The van der Waals surface area contributed by atoms with Gasteiger partial charge in [-0.05, 0) is 19.4 Å². The molecule has 1 atom stereocenters. The molecule has 0 aromatic rings. The molecule has 1 amide bonds. The first-order valence-electron chi connectivity index (χ1n) is 5.13. The highest BCUT2D eigenvalue weighted by molar-refractivity contribution is 5.76. The van der Waals surface area contributed by atoms with Crippen LogP contribution in [0.5, 0.6) is 0 Å². The molecular formula is C9H20N4O3. The zero-order valence-electron chi connectivity index (χ0n) is 9.48. The molecule has 0 spiro atoms. The van der Waals surface area contributed by atoms with Crippen molar-refractivity contribution in [2.45, 2.75) is 25.3 Å². The number of carboxylic acid groups (broad SMARTS) is 1. The van der Waals surface area contributed by atoms with Gasteiger partial charge in [0, 0.05) is 19.5 Å². The van der Waals surface area contributed by atoms with Crippen molar-refractivity contribution < 1.29 is 14.7 Å². The molecule has 0 aromatic heterocycles. The molecule has 0 aliphatic rings. The summed E-state index contributed by atoms with van der Waals surface area (Å²) in [6.45, 7) is 0.304. The molecule has 7 heteroatoms. The Labute approximate surface area is 94.7 Å². The minimum absolute atomic E-state index is 0.171. The van der Waals surface area contributed by atoms with Crippen LogP contribution in [-0.4, -0.2) is 48.2 Å². The zero-order chi connectivity index (χ0) is 12.6. The zero-order valence-corrected chi connectivity index (χ0v) is 9.48. The molecule has 0 aliphatic heterocycles. The molecule has 0 unspecified atom stereocenters. The van der Waals surface area contributed by atoms with Gasteiger partial charge in [-0.2, -0.15) is 0 Å². The number of rotatable bonds is 8. The summed E-state index contributed by atoms with van der Waals surface area (Å²) in [5.74, 6) is -1.29. The normalized spacial score (nSPS) is 12.5. The van der Waals surface area contributed by atoms with Gasteiger partial charge in [-0.15, -0.1) is 0 Å². The molecular weight excluding hydrogens is 212 g/mol. The number of hydrogen-bond donors (Lipinski definition) is 4. The Kier molecular flexibility index (Phi) is 7.44. The fraction of sp³-hybridized carbons (Fsp3) is 0.778. The first-order valence-corrected chi connectivity index (χ1v) is 5.13. The van der Waals surface area contributed by atoms with Crippen LogP contribution >= 0.6 is 0 Å². The lowest BCUT2D eigenvalue weighted by Gasteiger charge is -2.17. The number of carboxylic acids is 1. The van der Waals surface area contributed by atoms with Crippen LogP contribution < -0.4 is 16.9 Å². The number of hydrazine groups is 1. The molecule has 0 fully saturated rings. The van der Waals surface area contributed by atoms with Gasteiger partial charge in [0.2, 0.25) is 5.91 Å². The molecule has 0 saturated heterocycles. The third kappa shape index (κ3) is 8.16. The molecule has 0 bridgehead atoms. The highest BCUT2D eigenvalue weighted by atomic mass is 16.4. The summed E-state index contributed by atoms with van der Waals surface area (Å²) in [6.07, 6.45) is 1.63. The summed E-state index contributed by atoms with van der Waals surface area (Å²) >= 11 is 0. The van der Waals surface area contributed by atoms with E-state index in [1.54, 1.807) is 0 Å². The quantitative estimate of drug-likeness (QED) is 0.377. The van der Waals surface area contributed by atoms with E-state index in [1.807, 2.05) is 0 Å². The van der Waals surface area contributed by atoms with Crippen molar-refractivity contribution in [3.8, 4) is 0 Å². The maximum atomic E-state index is 11.4. The number of carbonyl (C=O) groups is 2. The smallest absolute Gasteiger partial charge is 0.319 e. The molecule has 0 rings (SSSR count). The van der Waals surface area contributed by atoms with Gasteiger partial charge in [0.15, 0.2) is 0 Å². The highest BCUT2D eigenvalue weighted by Crippen LogP contribution is 1.97. The second kappa shape index (κ2) is 8.03. The molecule has 0 aliphatic carbocycles. The predicted octanol–water partition coefficient (Wildman–Crippen LogP) is -1.51. The van der Waals surface area contributed by atoms with Crippen LogP contribution in [0.15, 0.2) is 0 Å². The Balaban J connectivity index is 3.76. The number of nitrogens with one attached hydrogen (secondary N) is 1. The van der Waals surface area contributed by atoms with Gasteiger partial charge in [0.25, 0.3) is 0 Å². The lowest BCUT2D eigenvalue weighted by molar-refractivity contribution is -0.139. The largest absolute Gasteiger partial charge is 0.480 e. The van der Waals surface area contributed by atoms with E-state index in [2.05, 4.69) is 5.43 Å². The first-order chi connectivity index (χ1) is 7.45. The number of likely N-dealkylation sites (N-methyl/N-ethyl adjacent to an activating group) is 1. The Morgan fingerprint density at radius 2 is 2.12 bits per heavy atom. The summed E-state index contributed by atoms with van der Waals surface area (Å²) < 4.78 is 0. The van der Waals surface area contributed by atoms with Crippen LogP contribution in [0.2, 0.25) is 0 Å². The highest BCUT2D eigenvalue weighted by Gasteiger charge is 2.11. The molecule has 0 heterocycles. The third-order valence-electron chi connectivity index (χ3n) is 1.91. The summed E-state index contributed by atoms with van der Waals surface area (Å²) in [4.78, 5) is 21.7. The topological polar surface area (TPSA) is 122 Å². The molecule has 7 nitrogen and oxygen atoms in total. The molecule has 94 valence electrons. The SMILES string of the molecule is CN(CC(=O)O)NC(=O)C[C@H](N)CCCN. The Hall–Kier alpha value is -1.18. The lowest BCUT2D eigenvalue weighted by Crippen LogP contribution is -2.44. The van der Waals surface area contributed by atoms with Crippen LogP contribution in [0.1, 0.15) is 19.3 Å². The second-order valence-corrected chi connectivity index (χ2v) is 3.68. The maximum absolute atomic E-state index is 11.4. The number of amides is 1. The number of hydrogen-bond acceptors (Lipinski definition) is 5. The van der Waals surface area contributed by atoms with Crippen LogP contribution in [-0.2, 0) is 9.59 Å². The average molecular weight is 232 g/mol. The van der Waals surface area contributed by atoms with Gasteiger partial charge >= 0.3 is 5.97 Å². The summed E-state index contributed by atoms with van der Waals surface area (Å²) in [5, 5.41) is 9.67. The monoisotopic (exact) mass is 232 g/mol. The van der Waals surface area contributed by atoms with Gasteiger partial charge in [0.05, 0.1) is 0 Å². The van der Waals surface area contributed by atoms with Crippen molar-refractivity contribution in [2.24, 2.45) is 11.5 Å². The minimum Gasteiger partial charge on any atom is -0.480 e. The number of nitrogens with two attached hydrogens (primary N) is 2. The van der Waals surface area contributed by atoms with Crippen molar-refractivity contribution in [1.82, 2.24) is 10.4 Å². The fourth-order valence-corrected chi connectivity index (χ4v) is 1.22. The predicted molar refractivity (Wildman–Crippen MR) is 59.3 cm³/mol. The van der Waals surface area contributed by atoms with Crippen LogP contribution in [0, 0.1) is 0 Å². The van der Waals surface area contributed by atoms with E-state index < -0.39 is 5.97 Å². The fourth-order valence-electron chi connectivity index (χ4n) is 1.22. The molecule has 0 saturated carbocycles. The molecule has 6 N–H and O–H groups in total. The van der Waals surface area contributed by atoms with Crippen LogP contribution in [0.25, 0.3) is 0 Å². The summed E-state index contributed by atoms with van der Waals surface area (Å²) in [5.41, 5.74) is 13.4. The molecule has 0 aromatic carbocycles. The van der Waals surface area contributed by atoms with Crippen molar-refractivity contribution in [2.75, 3.05) is 20.1 Å². The molecule has 16 heavy (non-hydrogen) atoms. The molecule has 0 radical (unpaired) electrons. The van der Waals surface area contributed by atoms with Crippen molar-refractivity contribution in [3.05, 3.63) is 0 Å². The van der Waals surface area contributed by atoms with Crippen LogP contribution in [0.4, 0.5) is 0 Å². The second-order valence-electron chi connectivity index (χ2n) is 3.68. The number of aliphatic carboxylic acids is 1. The van der Waals surface area contributed by atoms with Crippen molar-refractivity contribution in [3.63, 3.8) is 0 Å². The van der Waals surface area contributed by atoms with Gasteiger partial charge in [-0.1, -0.05) is 0 Å². The first kappa shape index (κ1) is 14.8. The minimum atomic E-state index is -1.00. The summed E-state index contributed by atoms with van der Waals surface area (Å²) in [7, 11) is 1.48. The lowest BCUT2D eigenvalue weighted by atomic mass is 10.1. The maximum Gasteiger partial charge on any atom is 0.319 e. The van der Waals surface area contributed by atoms with Crippen LogP contribution in [0.3, 0.4) is 0 Å². The standard InChI is InChI=1S/C9H20N4O3/c1-13(6-9(15)16)12-8(14)5-7(11)3-2-4-10/h7H,2-6,10-11H2,1H3,(H,12,14)(H,15,16)/t7-/m1/s1. The van der Waals surface area contributed by atoms with Gasteiger partial charge < -0.3 is 16.6 Å². The van der Waals surface area contributed by atoms with Gasteiger partial charge in [0.1, 0.15) is 6.54 Å². The van der Waals surface area contributed by atoms with E-state index in [9.17, 15) is 9.59 Å². The number of nitrogens with zero attached hydrogens (tertiary/aromatic N) is 1. The number of carbonyl (C=O) groups excluding carboxylic acids is 1. The van der Waals surface area contributed by atoms with Crippen molar-refractivity contribution >= 4 is 11.9 Å². The Morgan fingerprint density at radius 1 is 1.50 bits per heavy atom. The Morgan fingerprint density at radius 3 is 2.62 bits per heavy atom. The van der Waals surface area contributed by atoms with Crippen molar-refractivity contribution in [1.29, 1.82) is 0 Å². The van der Waals surface area contributed by atoms with Gasteiger partial charge in [-0.25, -0.2) is 5.01 Å². The average Bonchev–Trinajstić information content (AvgIpc) is 2.12. The van der Waals surface area contributed by atoms with E-state index in [4.69, 9.17) is 16.6 Å². The van der Waals surface area contributed by atoms with E-state index in [0.29, 0.717) is 13.0 Å². The van der Waals surface area contributed by atoms with E-state index in [1.165, 1.54) is 12.1 Å². The summed E-state index contributed by atoms with van der Waals surface area (Å²) in [6, 6.07) is -0.234. The third-order valence-corrected chi connectivity index (χ3v) is 1.91. The van der Waals surface area contributed by atoms with E-state index in [0.717, 1.165) is 6.42 Å². The van der Waals surface area contributed by atoms with Gasteiger partial charge in [-0.3, -0.25) is 15.0 Å².